The second-order valence-electron chi connectivity index (χ2n) is 6.96. The van der Waals surface area contributed by atoms with E-state index < -0.39 is 6.17 Å². The molecule has 0 radical (unpaired) electrons. The first-order chi connectivity index (χ1) is 13.6. The highest BCUT2D eigenvalue weighted by molar-refractivity contribution is 6.01. The Morgan fingerprint density at radius 3 is 2.57 bits per heavy atom. The molecule has 7 nitrogen and oxygen atoms in total. The summed E-state index contributed by atoms with van der Waals surface area (Å²) in [6.07, 6.45) is 1.51. The van der Waals surface area contributed by atoms with Crippen molar-refractivity contribution in [3.05, 3.63) is 47.5 Å². The second kappa shape index (κ2) is 7.59. The van der Waals surface area contributed by atoms with Crippen LogP contribution in [0.3, 0.4) is 0 Å². The number of nitrogens with zero attached hydrogens (tertiary/aromatic N) is 1. The first-order valence-corrected chi connectivity index (χ1v) is 9.35. The SMILES string of the molecule is COc1cc(C2Nc3ccccc3C(=O)N2CC2CCCO2)cc(OC)c1O. The van der Waals surface area contributed by atoms with Gasteiger partial charge in [-0.05, 0) is 37.1 Å². The topological polar surface area (TPSA) is 80.3 Å². The number of rotatable bonds is 5. The zero-order chi connectivity index (χ0) is 19.7. The molecule has 0 bridgehead atoms. The van der Waals surface area contributed by atoms with Crippen molar-refractivity contribution in [1.82, 2.24) is 4.90 Å². The Labute approximate surface area is 163 Å². The van der Waals surface area contributed by atoms with Gasteiger partial charge in [0.25, 0.3) is 5.91 Å². The summed E-state index contributed by atoms with van der Waals surface area (Å²) >= 11 is 0. The van der Waals surface area contributed by atoms with E-state index in [1.165, 1.54) is 14.2 Å². The second-order valence-corrected chi connectivity index (χ2v) is 6.96. The number of fused-ring (bicyclic) bond motifs is 1. The zero-order valence-electron chi connectivity index (χ0n) is 16.0. The predicted molar refractivity (Wildman–Crippen MR) is 104 cm³/mol. The van der Waals surface area contributed by atoms with Crippen LogP contribution in [0.15, 0.2) is 36.4 Å². The summed E-state index contributed by atoms with van der Waals surface area (Å²) < 4.78 is 16.4. The van der Waals surface area contributed by atoms with Crippen LogP contribution in [0.5, 0.6) is 17.2 Å². The molecule has 2 aromatic carbocycles. The van der Waals surface area contributed by atoms with Gasteiger partial charge in [-0.3, -0.25) is 4.79 Å². The molecule has 1 amide bonds. The molecule has 2 aromatic rings. The number of para-hydroxylation sites is 1. The minimum absolute atomic E-state index is 0.0134. The van der Waals surface area contributed by atoms with Crippen molar-refractivity contribution in [2.24, 2.45) is 0 Å². The van der Waals surface area contributed by atoms with Gasteiger partial charge in [0, 0.05) is 24.4 Å². The number of anilines is 1. The predicted octanol–water partition coefficient (Wildman–Crippen LogP) is 3.15. The number of hydrogen-bond donors (Lipinski definition) is 2. The molecule has 2 aliphatic rings. The fourth-order valence-electron chi connectivity index (χ4n) is 3.82. The normalized spacial score (nSPS) is 21.2. The lowest BCUT2D eigenvalue weighted by Crippen LogP contribution is -2.46. The van der Waals surface area contributed by atoms with E-state index in [9.17, 15) is 9.90 Å². The van der Waals surface area contributed by atoms with Gasteiger partial charge in [-0.15, -0.1) is 0 Å². The summed E-state index contributed by atoms with van der Waals surface area (Å²) in [4.78, 5) is 15.1. The van der Waals surface area contributed by atoms with Gasteiger partial charge < -0.3 is 29.5 Å². The number of methoxy groups -OCH3 is 2. The number of carbonyl (C=O) groups excluding carboxylic acids is 1. The molecular formula is C21H24N2O5. The van der Waals surface area contributed by atoms with Gasteiger partial charge in [-0.25, -0.2) is 0 Å². The van der Waals surface area contributed by atoms with Crippen LogP contribution < -0.4 is 14.8 Å². The summed E-state index contributed by atoms with van der Waals surface area (Å²) in [6, 6.07) is 10.9. The lowest BCUT2D eigenvalue weighted by Gasteiger charge is -2.39. The third-order valence-electron chi connectivity index (χ3n) is 5.26. The number of ether oxygens (including phenoxy) is 3. The maximum Gasteiger partial charge on any atom is 0.257 e. The monoisotopic (exact) mass is 384 g/mol. The molecule has 0 aliphatic carbocycles. The van der Waals surface area contributed by atoms with E-state index in [2.05, 4.69) is 5.32 Å². The molecule has 148 valence electrons. The minimum atomic E-state index is -0.435. The Hall–Kier alpha value is -2.93. The van der Waals surface area contributed by atoms with E-state index in [1.807, 2.05) is 24.3 Å². The first kappa shape index (κ1) is 18.4. The number of benzene rings is 2. The number of aromatic hydroxyl groups is 1. The van der Waals surface area contributed by atoms with E-state index in [-0.39, 0.29) is 17.8 Å². The van der Waals surface area contributed by atoms with Crippen LogP contribution >= 0.6 is 0 Å². The molecule has 2 unspecified atom stereocenters. The quantitative estimate of drug-likeness (QED) is 0.824. The van der Waals surface area contributed by atoms with Crippen molar-refractivity contribution in [2.75, 3.05) is 32.7 Å². The maximum atomic E-state index is 13.3. The van der Waals surface area contributed by atoms with E-state index in [4.69, 9.17) is 14.2 Å². The molecular weight excluding hydrogens is 360 g/mol. The van der Waals surface area contributed by atoms with Crippen molar-refractivity contribution < 1.29 is 24.1 Å². The molecule has 7 heteroatoms. The molecule has 2 heterocycles. The zero-order valence-corrected chi connectivity index (χ0v) is 16.0. The van der Waals surface area contributed by atoms with Crippen LogP contribution in [0.2, 0.25) is 0 Å². The van der Waals surface area contributed by atoms with Crippen LogP contribution in [0.4, 0.5) is 5.69 Å². The fraction of sp³-hybridized carbons (Fsp3) is 0.381. The van der Waals surface area contributed by atoms with Crippen molar-refractivity contribution in [3.63, 3.8) is 0 Å². The number of nitrogens with one attached hydrogen (secondary N) is 1. The fourth-order valence-corrected chi connectivity index (χ4v) is 3.82. The van der Waals surface area contributed by atoms with Crippen molar-refractivity contribution in [2.45, 2.75) is 25.1 Å². The van der Waals surface area contributed by atoms with Crippen molar-refractivity contribution >= 4 is 11.6 Å². The van der Waals surface area contributed by atoms with Gasteiger partial charge in [-0.1, -0.05) is 12.1 Å². The minimum Gasteiger partial charge on any atom is -0.502 e. The summed E-state index contributed by atoms with van der Waals surface area (Å²) in [5.74, 6) is 0.460. The highest BCUT2D eigenvalue weighted by atomic mass is 16.5. The molecule has 0 spiro atoms. The first-order valence-electron chi connectivity index (χ1n) is 9.35. The third-order valence-corrected chi connectivity index (χ3v) is 5.26. The average Bonchev–Trinajstić information content (AvgIpc) is 3.23. The molecule has 1 saturated heterocycles. The molecule has 4 rings (SSSR count). The molecule has 2 aliphatic heterocycles. The third kappa shape index (κ3) is 3.22. The Bertz CT molecular complexity index is 854. The number of carbonyl (C=O) groups is 1. The van der Waals surface area contributed by atoms with E-state index in [1.54, 1.807) is 17.0 Å². The summed E-state index contributed by atoms with van der Waals surface area (Å²) in [5, 5.41) is 13.7. The Morgan fingerprint density at radius 2 is 1.93 bits per heavy atom. The average molecular weight is 384 g/mol. The number of amides is 1. The van der Waals surface area contributed by atoms with Crippen molar-refractivity contribution in [3.8, 4) is 17.2 Å². The van der Waals surface area contributed by atoms with Crippen molar-refractivity contribution in [1.29, 1.82) is 0 Å². The van der Waals surface area contributed by atoms with Crippen LogP contribution in [-0.4, -0.2) is 49.4 Å². The highest BCUT2D eigenvalue weighted by Crippen LogP contribution is 2.42. The van der Waals surface area contributed by atoms with Crippen LogP contribution in [-0.2, 0) is 4.74 Å². The Balaban J connectivity index is 1.77. The van der Waals surface area contributed by atoms with Gasteiger partial charge in [0.1, 0.15) is 6.17 Å². The van der Waals surface area contributed by atoms with Crippen LogP contribution in [0.1, 0.15) is 34.9 Å². The summed E-state index contributed by atoms with van der Waals surface area (Å²) in [5.41, 5.74) is 2.16. The smallest absolute Gasteiger partial charge is 0.257 e. The molecule has 1 fully saturated rings. The molecule has 0 saturated carbocycles. The summed E-state index contributed by atoms with van der Waals surface area (Å²) in [7, 11) is 2.97. The van der Waals surface area contributed by atoms with Crippen LogP contribution in [0, 0.1) is 0 Å². The molecule has 28 heavy (non-hydrogen) atoms. The molecule has 2 atom stereocenters. The van der Waals surface area contributed by atoms with Gasteiger partial charge in [0.15, 0.2) is 11.5 Å². The lowest BCUT2D eigenvalue weighted by molar-refractivity contribution is 0.0426. The largest absolute Gasteiger partial charge is 0.502 e. The van der Waals surface area contributed by atoms with E-state index in [0.29, 0.717) is 23.6 Å². The molecule has 0 aromatic heterocycles. The summed E-state index contributed by atoms with van der Waals surface area (Å²) in [6.45, 7) is 1.21. The maximum absolute atomic E-state index is 13.3. The number of phenols is 1. The van der Waals surface area contributed by atoms with Gasteiger partial charge in [0.05, 0.1) is 25.9 Å². The van der Waals surface area contributed by atoms with Gasteiger partial charge in [0.2, 0.25) is 5.75 Å². The number of phenolic OH excluding ortho intramolecular Hbond substituents is 1. The number of hydrogen-bond acceptors (Lipinski definition) is 6. The van der Waals surface area contributed by atoms with Crippen LogP contribution in [0.25, 0.3) is 0 Å². The molecule has 2 N–H and O–H groups in total. The highest BCUT2D eigenvalue weighted by Gasteiger charge is 2.36. The Kier molecular flexibility index (Phi) is 5.00. The Morgan fingerprint density at radius 1 is 1.21 bits per heavy atom. The van der Waals surface area contributed by atoms with E-state index >= 15 is 0 Å². The lowest BCUT2D eigenvalue weighted by atomic mass is 10.0. The standard InChI is InChI=1S/C21H24N2O5/c1-26-17-10-13(11-18(27-2)19(17)24)20-22-16-8-4-3-7-15(16)21(25)23(20)12-14-6-5-9-28-14/h3-4,7-8,10-11,14,20,22,24H,5-6,9,12H2,1-2H3. The van der Waals surface area contributed by atoms with E-state index in [0.717, 1.165) is 30.7 Å². The van der Waals surface area contributed by atoms with Gasteiger partial charge in [-0.2, -0.15) is 0 Å². The van der Waals surface area contributed by atoms with Gasteiger partial charge >= 0.3 is 0 Å².